The fourth-order valence-corrected chi connectivity index (χ4v) is 3.48. The highest BCUT2D eigenvalue weighted by molar-refractivity contribution is 7.89. The zero-order chi connectivity index (χ0) is 20.2. The van der Waals surface area contributed by atoms with Crippen molar-refractivity contribution >= 4 is 21.6 Å². The largest absolute Gasteiger partial charge is 0.392 e. The smallest absolute Gasteiger partial charge is 0.255 e. The average molecular weight is 391 g/mol. The van der Waals surface area contributed by atoms with E-state index in [4.69, 9.17) is 0 Å². The summed E-state index contributed by atoms with van der Waals surface area (Å²) in [7, 11) is -3.72. The van der Waals surface area contributed by atoms with Gasteiger partial charge in [0.1, 0.15) is 0 Å². The van der Waals surface area contributed by atoms with Crippen LogP contribution in [0.2, 0.25) is 0 Å². The van der Waals surface area contributed by atoms with E-state index in [-0.39, 0.29) is 22.8 Å². The number of anilines is 1. The first-order valence-electron chi connectivity index (χ1n) is 8.69. The molecule has 2 rings (SSSR count). The zero-order valence-corrected chi connectivity index (χ0v) is 16.8. The molecule has 0 saturated heterocycles. The molecule has 0 aliphatic rings. The van der Waals surface area contributed by atoms with Gasteiger partial charge in [0.05, 0.1) is 11.0 Å². The Morgan fingerprint density at radius 3 is 2.07 bits per heavy atom. The summed E-state index contributed by atoms with van der Waals surface area (Å²) < 4.78 is 26.5. The summed E-state index contributed by atoms with van der Waals surface area (Å²) in [6.07, 6.45) is -0.783. The van der Waals surface area contributed by atoms with Crippen molar-refractivity contribution in [2.45, 2.75) is 44.1 Å². The number of rotatable bonds is 6. The van der Waals surface area contributed by atoms with Gasteiger partial charge >= 0.3 is 0 Å². The molecule has 7 heteroatoms. The second kappa shape index (κ2) is 8.21. The van der Waals surface area contributed by atoms with Crippen LogP contribution in [0.5, 0.6) is 0 Å². The molecule has 1 atom stereocenters. The maximum atomic E-state index is 12.4. The van der Waals surface area contributed by atoms with Gasteiger partial charge in [0.2, 0.25) is 10.0 Å². The van der Waals surface area contributed by atoms with Gasteiger partial charge in [0.25, 0.3) is 5.91 Å². The van der Waals surface area contributed by atoms with Crippen molar-refractivity contribution in [3.8, 4) is 0 Å². The lowest BCUT2D eigenvalue weighted by atomic mass is 9.87. The first-order chi connectivity index (χ1) is 12.5. The van der Waals surface area contributed by atoms with E-state index in [2.05, 4.69) is 30.8 Å². The molecular formula is C20H26N2O4S. The Kier molecular flexibility index (Phi) is 6.41. The standard InChI is InChI=1S/C20H26N2O4S/c1-14(23)13-21-27(25,26)18-11-5-15(6-12-18)19(24)22-17-9-7-16(8-10-17)20(2,3)4/h5-12,14,21,23H,13H2,1-4H3,(H,22,24). The van der Waals surface area contributed by atoms with Crippen LogP contribution in [-0.4, -0.2) is 32.1 Å². The van der Waals surface area contributed by atoms with Gasteiger partial charge in [-0.1, -0.05) is 32.9 Å². The summed E-state index contributed by atoms with van der Waals surface area (Å²) in [4.78, 5) is 12.4. The average Bonchev–Trinajstić information content (AvgIpc) is 2.60. The summed E-state index contributed by atoms with van der Waals surface area (Å²) in [6.45, 7) is 7.77. The van der Waals surface area contributed by atoms with E-state index >= 15 is 0 Å². The quantitative estimate of drug-likeness (QED) is 0.707. The number of hydrogen-bond acceptors (Lipinski definition) is 4. The monoisotopic (exact) mass is 390 g/mol. The van der Waals surface area contributed by atoms with Gasteiger partial charge in [-0.25, -0.2) is 13.1 Å². The predicted molar refractivity (Wildman–Crippen MR) is 106 cm³/mol. The van der Waals surface area contributed by atoms with Gasteiger partial charge in [-0.05, 0) is 54.3 Å². The van der Waals surface area contributed by atoms with Gasteiger partial charge in [-0.15, -0.1) is 0 Å². The Labute approximate surface area is 160 Å². The summed E-state index contributed by atoms with van der Waals surface area (Å²) in [5, 5.41) is 12.0. The fourth-order valence-electron chi connectivity index (χ4n) is 2.36. The van der Waals surface area contributed by atoms with Gasteiger partial charge in [-0.2, -0.15) is 0 Å². The maximum absolute atomic E-state index is 12.4. The molecule has 0 radical (unpaired) electrons. The topological polar surface area (TPSA) is 95.5 Å². The third-order valence-corrected chi connectivity index (χ3v) is 5.44. The van der Waals surface area contributed by atoms with E-state index in [1.165, 1.54) is 36.8 Å². The molecule has 146 valence electrons. The van der Waals surface area contributed by atoms with Crippen molar-refractivity contribution in [2.24, 2.45) is 0 Å². The number of sulfonamides is 1. The molecule has 2 aromatic carbocycles. The van der Waals surface area contributed by atoms with E-state index in [9.17, 15) is 18.3 Å². The molecule has 2 aromatic rings. The van der Waals surface area contributed by atoms with Gasteiger partial charge < -0.3 is 10.4 Å². The van der Waals surface area contributed by atoms with Crippen LogP contribution in [0.25, 0.3) is 0 Å². The summed E-state index contributed by atoms with van der Waals surface area (Å²) in [5.41, 5.74) is 2.22. The third-order valence-electron chi connectivity index (χ3n) is 4.00. The Bertz CT molecular complexity index is 881. The molecule has 3 N–H and O–H groups in total. The molecule has 0 saturated carbocycles. The van der Waals surface area contributed by atoms with Crippen molar-refractivity contribution in [1.82, 2.24) is 4.72 Å². The molecule has 0 spiro atoms. The number of aliphatic hydroxyl groups is 1. The highest BCUT2D eigenvalue weighted by atomic mass is 32.2. The zero-order valence-electron chi connectivity index (χ0n) is 16.0. The number of aliphatic hydroxyl groups excluding tert-OH is 1. The third kappa shape index (κ3) is 5.89. The Balaban J connectivity index is 2.07. The number of nitrogens with one attached hydrogen (secondary N) is 2. The van der Waals surface area contributed by atoms with Crippen molar-refractivity contribution in [1.29, 1.82) is 0 Å². The molecule has 0 fully saturated rings. The molecule has 1 unspecified atom stereocenters. The molecular weight excluding hydrogens is 364 g/mol. The van der Waals surface area contributed by atoms with Gasteiger partial charge in [0, 0.05) is 17.8 Å². The van der Waals surface area contributed by atoms with E-state index in [0.717, 1.165) is 0 Å². The SMILES string of the molecule is CC(O)CNS(=O)(=O)c1ccc(C(=O)Nc2ccc(C(C)(C)C)cc2)cc1. The molecule has 6 nitrogen and oxygen atoms in total. The second-order valence-corrected chi connectivity index (χ2v) is 9.27. The number of benzene rings is 2. The number of carbonyl (C=O) groups is 1. The molecule has 1 amide bonds. The Hall–Kier alpha value is -2.22. The molecule has 0 aliphatic heterocycles. The Morgan fingerprint density at radius 1 is 1.04 bits per heavy atom. The number of hydrogen-bond donors (Lipinski definition) is 3. The highest BCUT2D eigenvalue weighted by Gasteiger charge is 2.16. The molecule has 27 heavy (non-hydrogen) atoms. The minimum atomic E-state index is -3.72. The van der Waals surface area contributed by atoms with Crippen LogP contribution in [0.1, 0.15) is 43.6 Å². The van der Waals surface area contributed by atoms with E-state index in [1.807, 2.05) is 24.3 Å². The van der Waals surface area contributed by atoms with E-state index in [0.29, 0.717) is 11.3 Å². The number of amides is 1. The molecule has 0 heterocycles. The van der Waals surface area contributed by atoms with Crippen LogP contribution in [0.3, 0.4) is 0 Å². The van der Waals surface area contributed by atoms with Crippen LogP contribution in [-0.2, 0) is 15.4 Å². The van der Waals surface area contributed by atoms with Crippen molar-refractivity contribution in [2.75, 3.05) is 11.9 Å². The normalized spacial score (nSPS) is 13.2. The van der Waals surface area contributed by atoms with Crippen LogP contribution in [0, 0.1) is 0 Å². The van der Waals surface area contributed by atoms with Crippen LogP contribution >= 0.6 is 0 Å². The summed E-state index contributed by atoms with van der Waals surface area (Å²) >= 11 is 0. The summed E-state index contributed by atoms with van der Waals surface area (Å²) in [5.74, 6) is -0.320. The van der Waals surface area contributed by atoms with Crippen molar-refractivity contribution in [3.63, 3.8) is 0 Å². The van der Waals surface area contributed by atoms with Crippen molar-refractivity contribution < 1.29 is 18.3 Å². The second-order valence-electron chi connectivity index (χ2n) is 7.51. The highest BCUT2D eigenvalue weighted by Crippen LogP contribution is 2.23. The van der Waals surface area contributed by atoms with Crippen LogP contribution < -0.4 is 10.0 Å². The van der Waals surface area contributed by atoms with Gasteiger partial charge in [-0.3, -0.25) is 4.79 Å². The van der Waals surface area contributed by atoms with Crippen LogP contribution in [0.4, 0.5) is 5.69 Å². The minimum absolute atomic E-state index is 0.0334. The molecule has 0 aliphatic carbocycles. The lowest BCUT2D eigenvalue weighted by Gasteiger charge is -2.19. The predicted octanol–water partition coefficient (Wildman–Crippen LogP) is 2.90. The molecule has 0 bridgehead atoms. The van der Waals surface area contributed by atoms with Crippen molar-refractivity contribution in [3.05, 3.63) is 59.7 Å². The van der Waals surface area contributed by atoms with E-state index in [1.54, 1.807) is 0 Å². The minimum Gasteiger partial charge on any atom is -0.392 e. The van der Waals surface area contributed by atoms with E-state index < -0.39 is 16.1 Å². The van der Waals surface area contributed by atoms with Crippen LogP contribution in [0.15, 0.2) is 53.4 Å². The fraction of sp³-hybridized carbons (Fsp3) is 0.350. The Morgan fingerprint density at radius 2 is 1.59 bits per heavy atom. The summed E-state index contributed by atoms with van der Waals surface area (Å²) in [6, 6.07) is 13.3. The molecule has 0 aromatic heterocycles. The lowest BCUT2D eigenvalue weighted by Crippen LogP contribution is -2.30. The first kappa shape index (κ1) is 21.1. The first-order valence-corrected chi connectivity index (χ1v) is 10.2. The maximum Gasteiger partial charge on any atom is 0.255 e. The lowest BCUT2D eigenvalue weighted by molar-refractivity contribution is 0.102. The van der Waals surface area contributed by atoms with Gasteiger partial charge in [0.15, 0.2) is 0 Å². The number of carbonyl (C=O) groups excluding carboxylic acids is 1.